The highest BCUT2D eigenvalue weighted by Crippen LogP contribution is 2.29. The van der Waals surface area contributed by atoms with Crippen LogP contribution in [0.15, 0.2) is 16.9 Å². The molecule has 0 aliphatic carbocycles. The Hall–Kier alpha value is -1.14. The number of fused-ring (bicyclic) bond motifs is 1. The fraction of sp³-hybridized carbons (Fsp3) is 0.600. The summed E-state index contributed by atoms with van der Waals surface area (Å²) in [5.41, 5.74) is 0.589. The van der Waals surface area contributed by atoms with Crippen molar-refractivity contribution >= 4 is 34.1 Å². The molecular weight excluding hydrogens is 383 g/mol. The molecule has 148 valence electrons. The summed E-state index contributed by atoms with van der Waals surface area (Å²) in [6, 6.07) is 3.48. The number of benzene rings is 1. The van der Waals surface area contributed by atoms with Gasteiger partial charge < -0.3 is 4.90 Å². The Balaban J connectivity index is 2.13. The van der Waals surface area contributed by atoms with Crippen molar-refractivity contribution in [3.8, 4) is 0 Å². The lowest BCUT2D eigenvalue weighted by atomic mass is 10.1. The second-order valence-electron chi connectivity index (χ2n) is 7.30. The first-order valence-electron chi connectivity index (χ1n) is 9.78. The normalized spacial score (nSPS) is 18.0. The smallest absolute Gasteiger partial charge is 0.261 e. The first kappa shape index (κ1) is 20.6. The largest absolute Gasteiger partial charge is 0.305 e. The number of aromatic nitrogens is 2. The van der Waals surface area contributed by atoms with Crippen molar-refractivity contribution in [3.05, 3.63) is 38.4 Å². The van der Waals surface area contributed by atoms with Crippen LogP contribution in [0.4, 0.5) is 0 Å². The van der Waals surface area contributed by atoms with E-state index in [-0.39, 0.29) is 11.6 Å². The Bertz CT molecular complexity index is 867. The second-order valence-corrected chi connectivity index (χ2v) is 8.11. The lowest BCUT2D eigenvalue weighted by Crippen LogP contribution is -2.37. The molecule has 1 aromatic carbocycles. The molecule has 1 saturated heterocycles. The van der Waals surface area contributed by atoms with Crippen molar-refractivity contribution in [1.82, 2.24) is 19.4 Å². The SMILES string of the molecule is CCCC(c1nc2cc(Cl)c(Cl)cc2c(=O)n1CC)N1CCCN(C)CC1. The fourth-order valence-electron chi connectivity index (χ4n) is 3.92. The van der Waals surface area contributed by atoms with Crippen LogP contribution in [0.5, 0.6) is 0 Å². The maximum absolute atomic E-state index is 13.1. The van der Waals surface area contributed by atoms with Crippen molar-refractivity contribution < 1.29 is 0 Å². The Morgan fingerprint density at radius 2 is 1.85 bits per heavy atom. The van der Waals surface area contributed by atoms with Crippen LogP contribution < -0.4 is 5.56 Å². The molecule has 1 atom stereocenters. The number of nitrogens with zero attached hydrogens (tertiary/aromatic N) is 4. The van der Waals surface area contributed by atoms with Gasteiger partial charge in [0.05, 0.1) is 27.0 Å². The van der Waals surface area contributed by atoms with Gasteiger partial charge in [-0.25, -0.2) is 4.98 Å². The molecule has 0 saturated carbocycles. The van der Waals surface area contributed by atoms with E-state index in [1.54, 1.807) is 12.1 Å². The van der Waals surface area contributed by atoms with Crippen LogP contribution in [-0.2, 0) is 6.54 Å². The fourth-order valence-corrected chi connectivity index (χ4v) is 4.24. The summed E-state index contributed by atoms with van der Waals surface area (Å²) in [5.74, 6) is 0.847. The maximum atomic E-state index is 13.1. The Morgan fingerprint density at radius 1 is 1.11 bits per heavy atom. The lowest BCUT2D eigenvalue weighted by Gasteiger charge is -2.31. The van der Waals surface area contributed by atoms with Crippen LogP contribution in [0.3, 0.4) is 0 Å². The van der Waals surface area contributed by atoms with Gasteiger partial charge in [0.25, 0.3) is 5.56 Å². The summed E-state index contributed by atoms with van der Waals surface area (Å²) < 4.78 is 1.81. The third kappa shape index (κ3) is 4.32. The van der Waals surface area contributed by atoms with Gasteiger partial charge in [-0.3, -0.25) is 14.3 Å². The predicted octanol–water partition coefficient (Wildman–Crippen LogP) is 4.20. The van der Waals surface area contributed by atoms with Crippen LogP contribution in [0.2, 0.25) is 10.0 Å². The molecule has 1 unspecified atom stereocenters. The van der Waals surface area contributed by atoms with Gasteiger partial charge in [0.15, 0.2) is 0 Å². The van der Waals surface area contributed by atoms with Gasteiger partial charge in [-0.2, -0.15) is 0 Å². The Labute approximate surface area is 170 Å². The molecule has 7 heteroatoms. The minimum Gasteiger partial charge on any atom is -0.305 e. The molecule has 0 amide bonds. The minimum atomic E-state index is -0.0379. The van der Waals surface area contributed by atoms with Gasteiger partial charge in [-0.15, -0.1) is 0 Å². The molecule has 1 aliphatic rings. The molecule has 0 N–H and O–H groups in total. The molecule has 0 radical (unpaired) electrons. The van der Waals surface area contributed by atoms with E-state index in [4.69, 9.17) is 28.2 Å². The average molecular weight is 411 g/mol. The number of likely N-dealkylation sites (N-methyl/N-ethyl adjacent to an activating group) is 1. The lowest BCUT2D eigenvalue weighted by molar-refractivity contribution is 0.180. The first-order valence-corrected chi connectivity index (χ1v) is 10.5. The Morgan fingerprint density at radius 3 is 2.56 bits per heavy atom. The predicted molar refractivity (Wildman–Crippen MR) is 113 cm³/mol. The van der Waals surface area contributed by atoms with Crippen molar-refractivity contribution in [2.75, 3.05) is 33.2 Å². The highest BCUT2D eigenvalue weighted by Gasteiger charge is 2.26. The summed E-state index contributed by atoms with van der Waals surface area (Å²) >= 11 is 12.3. The van der Waals surface area contributed by atoms with Crippen LogP contribution in [0.1, 0.15) is 45.0 Å². The summed E-state index contributed by atoms with van der Waals surface area (Å²) in [7, 11) is 2.17. The molecule has 1 fully saturated rings. The molecule has 1 aliphatic heterocycles. The monoisotopic (exact) mass is 410 g/mol. The summed E-state index contributed by atoms with van der Waals surface area (Å²) in [5, 5.41) is 1.35. The number of hydrogen-bond acceptors (Lipinski definition) is 4. The number of hydrogen-bond donors (Lipinski definition) is 0. The van der Waals surface area contributed by atoms with E-state index in [9.17, 15) is 4.79 Å². The standard InChI is InChI=1S/C20H28Cl2N4O/c1-4-7-18(25-9-6-8-24(3)10-11-25)19-23-17-13-16(22)15(21)12-14(17)20(27)26(19)5-2/h12-13,18H,4-11H2,1-3H3. The van der Waals surface area contributed by atoms with E-state index in [1.165, 1.54) is 0 Å². The van der Waals surface area contributed by atoms with Gasteiger partial charge in [-0.05, 0) is 45.5 Å². The topological polar surface area (TPSA) is 41.4 Å². The molecule has 0 spiro atoms. The molecule has 2 aromatic rings. The van der Waals surface area contributed by atoms with Crippen LogP contribution in [0, 0.1) is 0 Å². The molecule has 5 nitrogen and oxygen atoms in total. The summed E-state index contributed by atoms with van der Waals surface area (Å²) in [6.07, 6.45) is 3.14. The molecule has 1 aromatic heterocycles. The van der Waals surface area contributed by atoms with Gasteiger partial charge in [0.2, 0.25) is 0 Å². The van der Waals surface area contributed by atoms with E-state index >= 15 is 0 Å². The van der Waals surface area contributed by atoms with Crippen LogP contribution in [-0.4, -0.2) is 52.6 Å². The zero-order valence-electron chi connectivity index (χ0n) is 16.3. The van der Waals surface area contributed by atoms with Gasteiger partial charge >= 0.3 is 0 Å². The van der Waals surface area contributed by atoms with E-state index in [1.807, 2.05) is 11.5 Å². The molecule has 2 heterocycles. The van der Waals surface area contributed by atoms with Gasteiger partial charge in [0, 0.05) is 26.2 Å². The van der Waals surface area contributed by atoms with Crippen LogP contribution >= 0.6 is 23.2 Å². The average Bonchev–Trinajstić information content (AvgIpc) is 2.86. The van der Waals surface area contributed by atoms with Gasteiger partial charge in [-0.1, -0.05) is 36.5 Å². The second kappa shape index (κ2) is 8.91. The van der Waals surface area contributed by atoms with E-state index in [0.717, 1.165) is 51.3 Å². The van der Waals surface area contributed by atoms with Gasteiger partial charge in [0.1, 0.15) is 5.82 Å². The summed E-state index contributed by atoms with van der Waals surface area (Å²) in [6.45, 7) is 8.92. The maximum Gasteiger partial charge on any atom is 0.261 e. The first-order chi connectivity index (χ1) is 13.0. The minimum absolute atomic E-state index is 0.0379. The van der Waals surface area contributed by atoms with Crippen molar-refractivity contribution in [2.24, 2.45) is 0 Å². The molecule has 27 heavy (non-hydrogen) atoms. The highest BCUT2D eigenvalue weighted by molar-refractivity contribution is 6.42. The van der Waals surface area contributed by atoms with Crippen LogP contribution in [0.25, 0.3) is 10.9 Å². The number of rotatable bonds is 5. The van der Waals surface area contributed by atoms with Crippen molar-refractivity contribution in [3.63, 3.8) is 0 Å². The quantitative estimate of drug-likeness (QED) is 0.740. The third-order valence-electron chi connectivity index (χ3n) is 5.40. The number of halogens is 2. The van der Waals surface area contributed by atoms with Crippen molar-refractivity contribution in [2.45, 2.75) is 45.7 Å². The van der Waals surface area contributed by atoms with Crippen molar-refractivity contribution in [1.29, 1.82) is 0 Å². The summed E-state index contributed by atoms with van der Waals surface area (Å²) in [4.78, 5) is 22.9. The van der Waals surface area contributed by atoms with E-state index < -0.39 is 0 Å². The van der Waals surface area contributed by atoms with E-state index in [0.29, 0.717) is 27.5 Å². The third-order valence-corrected chi connectivity index (χ3v) is 6.12. The van der Waals surface area contributed by atoms with E-state index in [2.05, 4.69) is 23.8 Å². The Kier molecular flexibility index (Phi) is 6.79. The molecule has 0 bridgehead atoms. The zero-order valence-corrected chi connectivity index (χ0v) is 17.9. The highest BCUT2D eigenvalue weighted by atomic mass is 35.5. The zero-order chi connectivity index (χ0) is 19.6. The molecule has 3 rings (SSSR count). The molecular formula is C20H28Cl2N4O.